The summed E-state index contributed by atoms with van der Waals surface area (Å²) >= 11 is 0. The van der Waals surface area contributed by atoms with Crippen LogP contribution in [0.5, 0.6) is 0 Å². The first-order valence-corrected chi connectivity index (χ1v) is 3.38. The smallest absolute Gasteiger partial charge is 0.123 e. The van der Waals surface area contributed by atoms with Gasteiger partial charge in [0.25, 0.3) is 0 Å². The van der Waals surface area contributed by atoms with Gasteiger partial charge in [-0.3, -0.25) is 0 Å². The first-order valence-electron chi connectivity index (χ1n) is 3.38. The molecule has 0 aromatic heterocycles. The zero-order chi connectivity index (χ0) is 6.91. The lowest BCUT2D eigenvalue weighted by molar-refractivity contribution is -0.127. The number of hydrogen-bond acceptors (Lipinski definition) is 2. The molecule has 0 heterocycles. The molecule has 0 radical (unpaired) electrons. The molecular formula is C7H12O2. The summed E-state index contributed by atoms with van der Waals surface area (Å²) in [6.07, 6.45) is 3.06. The molecule has 1 rings (SSSR count). The van der Waals surface area contributed by atoms with Crippen LogP contribution in [-0.4, -0.2) is 17.0 Å². The third-order valence-corrected chi connectivity index (χ3v) is 2.13. The molecule has 2 heteroatoms. The van der Waals surface area contributed by atoms with Gasteiger partial charge in [0.15, 0.2) is 0 Å². The summed E-state index contributed by atoms with van der Waals surface area (Å²) in [5, 5.41) is 9.36. The van der Waals surface area contributed by atoms with Gasteiger partial charge in [-0.05, 0) is 19.3 Å². The van der Waals surface area contributed by atoms with E-state index in [4.69, 9.17) is 0 Å². The number of carbonyl (C=O) groups excluding carboxylic acids is 1. The van der Waals surface area contributed by atoms with Crippen molar-refractivity contribution in [1.82, 2.24) is 0 Å². The molecule has 0 aromatic rings. The molecular weight excluding hydrogens is 116 g/mol. The van der Waals surface area contributed by atoms with Crippen LogP contribution in [0, 0.1) is 5.92 Å². The first kappa shape index (κ1) is 6.75. The standard InChI is InChI=1S/C7H12O2/c1-2-7(9)3-6(4-7)5-8/h5-6,9H,2-4H2,1H3. The van der Waals surface area contributed by atoms with Crippen molar-refractivity contribution in [2.24, 2.45) is 5.92 Å². The Kier molecular flexibility index (Phi) is 1.58. The van der Waals surface area contributed by atoms with Crippen LogP contribution < -0.4 is 0 Å². The summed E-state index contributed by atoms with van der Waals surface area (Å²) in [6.45, 7) is 1.95. The summed E-state index contributed by atoms with van der Waals surface area (Å²) < 4.78 is 0. The fourth-order valence-corrected chi connectivity index (χ4v) is 1.30. The number of rotatable bonds is 2. The van der Waals surface area contributed by atoms with Crippen molar-refractivity contribution < 1.29 is 9.90 Å². The zero-order valence-corrected chi connectivity index (χ0v) is 5.63. The molecule has 1 aliphatic rings. The number of aliphatic hydroxyl groups is 1. The monoisotopic (exact) mass is 128 g/mol. The lowest BCUT2D eigenvalue weighted by atomic mass is 9.70. The van der Waals surface area contributed by atoms with Gasteiger partial charge in [-0.2, -0.15) is 0 Å². The van der Waals surface area contributed by atoms with E-state index in [2.05, 4.69) is 0 Å². The molecule has 0 unspecified atom stereocenters. The van der Waals surface area contributed by atoms with Gasteiger partial charge in [0.05, 0.1) is 5.60 Å². The van der Waals surface area contributed by atoms with Crippen LogP contribution in [-0.2, 0) is 4.79 Å². The maximum atomic E-state index is 10.1. The third kappa shape index (κ3) is 1.13. The maximum Gasteiger partial charge on any atom is 0.123 e. The average molecular weight is 128 g/mol. The molecule has 1 fully saturated rings. The highest BCUT2D eigenvalue weighted by molar-refractivity contribution is 5.55. The number of carbonyl (C=O) groups is 1. The van der Waals surface area contributed by atoms with Gasteiger partial charge in [0.2, 0.25) is 0 Å². The highest BCUT2D eigenvalue weighted by Crippen LogP contribution is 2.38. The quantitative estimate of drug-likeness (QED) is 0.557. The van der Waals surface area contributed by atoms with E-state index in [0.717, 1.165) is 12.7 Å². The van der Waals surface area contributed by atoms with Gasteiger partial charge in [0.1, 0.15) is 6.29 Å². The molecule has 0 amide bonds. The summed E-state index contributed by atoms with van der Waals surface area (Å²) in [5.74, 6) is 0.134. The maximum absolute atomic E-state index is 10.1. The summed E-state index contributed by atoms with van der Waals surface area (Å²) in [6, 6.07) is 0. The van der Waals surface area contributed by atoms with E-state index in [-0.39, 0.29) is 5.92 Å². The number of hydrogen-bond donors (Lipinski definition) is 1. The Labute approximate surface area is 54.9 Å². The van der Waals surface area contributed by atoms with E-state index in [1.165, 1.54) is 0 Å². The minimum absolute atomic E-state index is 0.134. The molecule has 1 saturated carbocycles. The second-order valence-corrected chi connectivity index (χ2v) is 2.88. The van der Waals surface area contributed by atoms with Crippen LogP contribution >= 0.6 is 0 Å². The van der Waals surface area contributed by atoms with Crippen LogP contribution in [0.25, 0.3) is 0 Å². The minimum Gasteiger partial charge on any atom is -0.390 e. The van der Waals surface area contributed by atoms with Gasteiger partial charge in [-0.25, -0.2) is 0 Å². The van der Waals surface area contributed by atoms with Crippen LogP contribution in [0.4, 0.5) is 0 Å². The van der Waals surface area contributed by atoms with Crippen molar-refractivity contribution in [2.45, 2.75) is 31.8 Å². The lowest BCUT2D eigenvalue weighted by Gasteiger charge is -2.40. The van der Waals surface area contributed by atoms with Crippen molar-refractivity contribution in [3.63, 3.8) is 0 Å². The van der Waals surface area contributed by atoms with Crippen molar-refractivity contribution >= 4 is 6.29 Å². The van der Waals surface area contributed by atoms with Crippen LogP contribution in [0.15, 0.2) is 0 Å². The number of aldehydes is 1. The Morgan fingerprint density at radius 1 is 1.78 bits per heavy atom. The molecule has 1 N–H and O–H groups in total. The van der Waals surface area contributed by atoms with Crippen molar-refractivity contribution in [3.05, 3.63) is 0 Å². The average Bonchev–Trinajstić information content (AvgIpc) is 1.81. The highest BCUT2D eigenvalue weighted by atomic mass is 16.3. The van der Waals surface area contributed by atoms with Crippen LogP contribution in [0.1, 0.15) is 26.2 Å². The summed E-state index contributed by atoms with van der Waals surface area (Å²) in [5.41, 5.74) is -0.494. The minimum atomic E-state index is -0.494. The van der Waals surface area contributed by atoms with Crippen molar-refractivity contribution in [2.75, 3.05) is 0 Å². The SMILES string of the molecule is CCC1(O)CC(C=O)C1. The highest BCUT2D eigenvalue weighted by Gasteiger charge is 2.40. The van der Waals surface area contributed by atoms with Crippen molar-refractivity contribution in [1.29, 1.82) is 0 Å². The molecule has 52 valence electrons. The topological polar surface area (TPSA) is 37.3 Å². The normalized spacial score (nSPS) is 41.8. The molecule has 1 aliphatic carbocycles. The van der Waals surface area contributed by atoms with E-state index in [1.807, 2.05) is 6.92 Å². The largest absolute Gasteiger partial charge is 0.390 e. The Hall–Kier alpha value is -0.370. The first-order chi connectivity index (χ1) is 4.20. The van der Waals surface area contributed by atoms with Crippen molar-refractivity contribution in [3.8, 4) is 0 Å². The molecule has 0 saturated heterocycles. The summed E-state index contributed by atoms with van der Waals surface area (Å²) in [7, 11) is 0. The van der Waals surface area contributed by atoms with E-state index >= 15 is 0 Å². The third-order valence-electron chi connectivity index (χ3n) is 2.13. The Morgan fingerprint density at radius 3 is 2.67 bits per heavy atom. The second-order valence-electron chi connectivity index (χ2n) is 2.88. The van der Waals surface area contributed by atoms with Gasteiger partial charge < -0.3 is 9.90 Å². The second kappa shape index (κ2) is 2.10. The lowest BCUT2D eigenvalue weighted by Crippen LogP contribution is -2.43. The molecule has 0 aromatic carbocycles. The van der Waals surface area contributed by atoms with E-state index in [9.17, 15) is 9.90 Å². The van der Waals surface area contributed by atoms with Gasteiger partial charge in [-0.1, -0.05) is 6.92 Å². The van der Waals surface area contributed by atoms with Crippen LogP contribution in [0.3, 0.4) is 0 Å². The fourth-order valence-electron chi connectivity index (χ4n) is 1.30. The van der Waals surface area contributed by atoms with E-state index < -0.39 is 5.60 Å². The molecule has 0 bridgehead atoms. The molecule has 0 aliphatic heterocycles. The Balaban J connectivity index is 2.32. The fraction of sp³-hybridized carbons (Fsp3) is 0.857. The summed E-state index contributed by atoms with van der Waals surface area (Å²) in [4.78, 5) is 10.1. The van der Waals surface area contributed by atoms with Gasteiger partial charge in [-0.15, -0.1) is 0 Å². The molecule has 0 spiro atoms. The zero-order valence-electron chi connectivity index (χ0n) is 5.63. The molecule has 9 heavy (non-hydrogen) atoms. The Morgan fingerprint density at radius 2 is 2.33 bits per heavy atom. The Bertz CT molecular complexity index is 114. The van der Waals surface area contributed by atoms with Gasteiger partial charge in [0, 0.05) is 5.92 Å². The predicted molar refractivity (Wildman–Crippen MR) is 34.0 cm³/mol. The van der Waals surface area contributed by atoms with E-state index in [1.54, 1.807) is 0 Å². The van der Waals surface area contributed by atoms with Gasteiger partial charge >= 0.3 is 0 Å². The predicted octanol–water partition coefficient (Wildman–Crippen LogP) is 0.736. The van der Waals surface area contributed by atoms with E-state index in [0.29, 0.717) is 12.8 Å². The molecule has 0 atom stereocenters. The van der Waals surface area contributed by atoms with Crippen LogP contribution in [0.2, 0.25) is 0 Å². The molecule has 2 nitrogen and oxygen atoms in total.